The van der Waals surface area contributed by atoms with Crippen LogP contribution < -0.4 is 5.73 Å². The molecule has 0 saturated carbocycles. The second kappa shape index (κ2) is 13.4. The molecule has 5 aromatic carbocycles. The molecular weight excluding hydrogens is 630 g/mol. The SMILES string of the molecule is CC(N)c1cnc2ccccc2c1-c1ccc(F)cc1.CC(c1cnc2ccccc2c1-c1ccc(F)cc1)N1C(=O)c2ccccc2C1=O. The zero-order chi connectivity index (χ0) is 34.9. The smallest absolute Gasteiger partial charge is 0.262 e. The van der Waals surface area contributed by atoms with Crippen molar-refractivity contribution in [1.29, 1.82) is 0 Å². The van der Waals surface area contributed by atoms with E-state index in [0.717, 1.165) is 55.2 Å². The quantitative estimate of drug-likeness (QED) is 0.186. The Bertz CT molecular complexity index is 2360. The van der Waals surface area contributed by atoms with Gasteiger partial charge in [-0.15, -0.1) is 0 Å². The Morgan fingerprint density at radius 2 is 0.960 bits per heavy atom. The van der Waals surface area contributed by atoms with Crippen LogP contribution in [0.25, 0.3) is 44.1 Å². The molecule has 246 valence electrons. The molecule has 2 atom stereocenters. The highest BCUT2D eigenvalue weighted by Crippen LogP contribution is 2.39. The van der Waals surface area contributed by atoms with Gasteiger partial charge in [0.1, 0.15) is 11.6 Å². The first-order valence-corrected chi connectivity index (χ1v) is 16.2. The number of halogens is 2. The van der Waals surface area contributed by atoms with E-state index in [1.54, 1.807) is 54.7 Å². The molecule has 0 spiro atoms. The summed E-state index contributed by atoms with van der Waals surface area (Å²) >= 11 is 0. The molecular formula is C42H32F2N4O2. The second-order valence-electron chi connectivity index (χ2n) is 12.2. The van der Waals surface area contributed by atoms with Crippen molar-refractivity contribution >= 4 is 33.6 Å². The predicted molar refractivity (Wildman–Crippen MR) is 192 cm³/mol. The Hall–Kier alpha value is -6.12. The van der Waals surface area contributed by atoms with Crippen molar-refractivity contribution in [2.24, 2.45) is 5.73 Å². The summed E-state index contributed by atoms with van der Waals surface area (Å²) in [4.78, 5) is 36.3. The van der Waals surface area contributed by atoms with Crippen LogP contribution in [0.4, 0.5) is 8.78 Å². The monoisotopic (exact) mass is 662 g/mol. The first kappa shape index (κ1) is 32.4. The van der Waals surface area contributed by atoms with Crippen LogP contribution in [0.1, 0.15) is 57.8 Å². The molecule has 1 aliphatic rings. The summed E-state index contributed by atoms with van der Waals surface area (Å²) in [6.07, 6.45) is 3.51. The van der Waals surface area contributed by atoms with E-state index in [0.29, 0.717) is 11.1 Å². The highest BCUT2D eigenvalue weighted by molar-refractivity contribution is 6.21. The summed E-state index contributed by atoms with van der Waals surface area (Å²) in [5.74, 6) is -1.20. The van der Waals surface area contributed by atoms with E-state index < -0.39 is 6.04 Å². The first-order chi connectivity index (χ1) is 24.2. The third-order valence-corrected chi connectivity index (χ3v) is 9.03. The number of amides is 2. The second-order valence-corrected chi connectivity index (χ2v) is 12.2. The lowest BCUT2D eigenvalue weighted by molar-refractivity contribution is 0.0595. The van der Waals surface area contributed by atoms with Crippen molar-refractivity contribution in [3.05, 3.63) is 168 Å². The number of aromatic nitrogens is 2. The zero-order valence-electron chi connectivity index (χ0n) is 27.3. The van der Waals surface area contributed by atoms with Gasteiger partial charge >= 0.3 is 0 Å². The Morgan fingerprint density at radius 1 is 0.560 bits per heavy atom. The van der Waals surface area contributed by atoms with Gasteiger partial charge in [0, 0.05) is 34.8 Å². The highest BCUT2D eigenvalue weighted by atomic mass is 19.1. The number of hydrogen-bond acceptors (Lipinski definition) is 5. The van der Waals surface area contributed by atoms with E-state index in [1.165, 1.54) is 29.2 Å². The Labute approximate surface area is 287 Å². The summed E-state index contributed by atoms with van der Waals surface area (Å²) < 4.78 is 26.7. The van der Waals surface area contributed by atoms with E-state index in [1.807, 2.05) is 68.6 Å². The molecule has 7 aromatic rings. The van der Waals surface area contributed by atoms with E-state index in [4.69, 9.17) is 5.73 Å². The number of pyridine rings is 2. The maximum atomic E-state index is 13.6. The zero-order valence-corrected chi connectivity index (χ0v) is 27.3. The Balaban J connectivity index is 0.000000170. The molecule has 8 rings (SSSR count). The van der Waals surface area contributed by atoms with Crippen molar-refractivity contribution in [2.45, 2.75) is 25.9 Å². The number of benzene rings is 5. The van der Waals surface area contributed by atoms with Crippen LogP contribution in [0.3, 0.4) is 0 Å². The van der Waals surface area contributed by atoms with E-state index >= 15 is 0 Å². The lowest BCUT2D eigenvalue weighted by Crippen LogP contribution is -2.33. The molecule has 2 N–H and O–H groups in total. The first-order valence-electron chi connectivity index (χ1n) is 16.2. The van der Waals surface area contributed by atoms with Gasteiger partial charge in [-0.2, -0.15) is 0 Å². The molecule has 3 heterocycles. The Kier molecular flexibility index (Phi) is 8.70. The number of carbonyl (C=O) groups excluding carboxylic acids is 2. The van der Waals surface area contributed by atoms with Gasteiger partial charge < -0.3 is 5.73 Å². The van der Waals surface area contributed by atoms with Crippen molar-refractivity contribution in [1.82, 2.24) is 14.9 Å². The van der Waals surface area contributed by atoms with Gasteiger partial charge in [-0.05, 0) is 90.2 Å². The minimum absolute atomic E-state index is 0.132. The lowest BCUT2D eigenvalue weighted by atomic mass is 9.92. The molecule has 50 heavy (non-hydrogen) atoms. The summed E-state index contributed by atoms with van der Waals surface area (Å²) in [6.45, 7) is 3.75. The van der Waals surface area contributed by atoms with Crippen molar-refractivity contribution < 1.29 is 18.4 Å². The lowest BCUT2D eigenvalue weighted by Gasteiger charge is -2.25. The topological polar surface area (TPSA) is 89.2 Å². The minimum atomic E-state index is -0.547. The number of para-hydroxylation sites is 2. The highest BCUT2D eigenvalue weighted by Gasteiger charge is 2.39. The van der Waals surface area contributed by atoms with Gasteiger partial charge in [0.25, 0.3) is 11.8 Å². The standard InChI is InChI=1S/C25H17FN2O2.C17H15FN2/c1-15(28-24(29)18-6-2-3-7-19(18)25(28)30)21-14-27-22-9-5-4-8-20(22)23(21)16-10-12-17(26)13-11-16;1-11(19)15-10-20-16-5-3-2-4-14(16)17(15)12-6-8-13(18)9-7-12/h2-15H,1H3;2-11H,19H2,1H3. The van der Waals surface area contributed by atoms with Crippen molar-refractivity contribution in [2.75, 3.05) is 0 Å². The molecule has 0 bridgehead atoms. The maximum absolute atomic E-state index is 13.6. The molecule has 2 amide bonds. The molecule has 2 unspecified atom stereocenters. The van der Waals surface area contributed by atoms with Crippen LogP contribution in [0, 0.1) is 11.6 Å². The molecule has 0 radical (unpaired) electrons. The fourth-order valence-corrected chi connectivity index (χ4v) is 6.55. The molecule has 8 heteroatoms. The average molecular weight is 663 g/mol. The molecule has 0 aliphatic carbocycles. The van der Waals surface area contributed by atoms with Crippen LogP contribution >= 0.6 is 0 Å². The molecule has 0 fully saturated rings. The maximum Gasteiger partial charge on any atom is 0.262 e. The summed E-state index contributed by atoms with van der Waals surface area (Å²) in [7, 11) is 0. The summed E-state index contributed by atoms with van der Waals surface area (Å²) in [5, 5.41) is 1.92. The normalized spacial score (nSPS) is 13.6. The Morgan fingerprint density at radius 3 is 1.42 bits per heavy atom. The fraction of sp³-hybridized carbons (Fsp3) is 0.0952. The fourth-order valence-electron chi connectivity index (χ4n) is 6.55. The molecule has 1 aliphatic heterocycles. The number of rotatable bonds is 5. The van der Waals surface area contributed by atoms with Crippen LogP contribution in [0.15, 0.2) is 134 Å². The van der Waals surface area contributed by atoms with Gasteiger partial charge in [-0.1, -0.05) is 72.8 Å². The van der Waals surface area contributed by atoms with Gasteiger partial charge in [-0.25, -0.2) is 8.78 Å². The van der Waals surface area contributed by atoms with Crippen molar-refractivity contribution in [3.63, 3.8) is 0 Å². The predicted octanol–water partition coefficient (Wildman–Crippen LogP) is 9.46. The van der Waals surface area contributed by atoms with Crippen LogP contribution in [-0.2, 0) is 0 Å². The van der Waals surface area contributed by atoms with Crippen LogP contribution in [-0.4, -0.2) is 26.7 Å². The number of fused-ring (bicyclic) bond motifs is 3. The summed E-state index contributed by atoms with van der Waals surface area (Å²) in [6, 6.07) is 34.4. The number of nitrogens with zero attached hydrogens (tertiary/aromatic N) is 3. The van der Waals surface area contributed by atoms with E-state index in [2.05, 4.69) is 9.97 Å². The number of nitrogens with two attached hydrogens (primary N) is 1. The molecule has 0 saturated heterocycles. The third-order valence-electron chi connectivity index (χ3n) is 9.03. The van der Waals surface area contributed by atoms with Gasteiger partial charge in [0.05, 0.1) is 28.2 Å². The van der Waals surface area contributed by atoms with Gasteiger partial charge in [0.2, 0.25) is 0 Å². The minimum Gasteiger partial charge on any atom is -0.324 e. The summed E-state index contributed by atoms with van der Waals surface area (Å²) in [5.41, 5.74) is 13.9. The largest absolute Gasteiger partial charge is 0.324 e. The van der Waals surface area contributed by atoms with Gasteiger partial charge in [-0.3, -0.25) is 24.5 Å². The molecule has 2 aromatic heterocycles. The van der Waals surface area contributed by atoms with Crippen LogP contribution in [0.2, 0.25) is 0 Å². The van der Waals surface area contributed by atoms with Gasteiger partial charge in [0.15, 0.2) is 0 Å². The van der Waals surface area contributed by atoms with Crippen LogP contribution in [0.5, 0.6) is 0 Å². The number of imide groups is 1. The average Bonchev–Trinajstić information content (AvgIpc) is 3.40. The number of carbonyl (C=O) groups is 2. The van der Waals surface area contributed by atoms with E-state index in [-0.39, 0.29) is 29.5 Å². The third kappa shape index (κ3) is 5.90. The van der Waals surface area contributed by atoms with E-state index in [9.17, 15) is 18.4 Å². The molecule has 6 nitrogen and oxygen atoms in total. The van der Waals surface area contributed by atoms with Crippen molar-refractivity contribution in [3.8, 4) is 22.3 Å². The number of hydrogen-bond donors (Lipinski definition) is 1.